The molecule has 1 aromatic rings. The van der Waals surface area contributed by atoms with Crippen molar-refractivity contribution in [1.82, 2.24) is 0 Å². The van der Waals surface area contributed by atoms with Gasteiger partial charge in [-0.15, -0.1) is 12.4 Å². The SMILES string of the molecule is COc1cc(C(F)(F)F)ccc1[C@@H](N)C(F)F.Cl. The highest BCUT2D eigenvalue weighted by Crippen LogP contribution is 2.35. The first kappa shape index (κ1) is 16.9. The topological polar surface area (TPSA) is 35.2 Å². The van der Waals surface area contributed by atoms with Gasteiger partial charge in [0, 0.05) is 5.56 Å². The maximum atomic E-state index is 12.4. The van der Waals surface area contributed by atoms with E-state index in [1.807, 2.05) is 0 Å². The molecule has 0 saturated heterocycles. The molecule has 1 atom stereocenters. The quantitative estimate of drug-likeness (QED) is 0.866. The molecule has 0 unspecified atom stereocenters. The van der Waals surface area contributed by atoms with Gasteiger partial charge >= 0.3 is 6.18 Å². The fraction of sp³-hybridized carbons (Fsp3) is 0.400. The largest absolute Gasteiger partial charge is 0.496 e. The number of nitrogens with two attached hydrogens (primary N) is 1. The van der Waals surface area contributed by atoms with Crippen molar-refractivity contribution in [3.05, 3.63) is 29.3 Å². The normalized spacial score (nSPS) is 13.1. The summed E-state index contributed by atoms with van der Waals surface area (Å²) in [5, 5.41) is 0. The summed E-state index contributed by atoms with van der Waals surface area (Å²) in [5.41, 5.74) is 4.03. The van der Waals surface area contributed by atoms with Gasteiger partial charge in [0.05, 0.1) is 18.7 Å². The molecular weight excluding hydrogens is 281 g/mol. The van der Waals surface area contributed by atoms with Crippen LogP contribution in [0.4, 0.5) is 22.0 Å². The fourth-order valence-electron chi connectivity index (χ4n) is 1.30. The van der Waals surface area contributed by atoms with Gasteiger partial charge in [0.15, 0.2) is 0 Å². The molecule has 0 spiro atoms. The molecule has 1 rings (SSSR count). The lowest BCUT2D eigenvalue weighted by Gasteiger charge is -2.16. The maximum Gasteiger partial charge on any atom is 0.416 e. The highest BCUT2D eigenvalue weighted by atomic mass is 35.5. The number of alkyl halides is 5. The predicted molar refractivity (Wildman–Crippen MR) is 58.2 cm³/mol. The van der Waals surface area contributed by atoms with Gasteiger partial charge in [0.25, 0.3) is 6.43 Å². The second kappa shape index (κ2) is 6.19. The summed E-state index contributed by atoms with van der Waals surface area (Å²) in [6, 6.07) is 0.572. The summed E-state index contributed by atoms with van der Waals surface area (Å²) in [7, 11) is 1.09. The first-order chi connectivity index (χ1) is 7.77. The van der Waals surface area contributed by atoms with Crippen molar-refractivity contribution in [1.29, 1.82) is 0 Å². The average molecular weight is 292 g/mol. The molecule has 0 aliphatic heterocycles. The van der Waals surface area contributed by atoms with Gasteiger partial charge in [-0.25, -0.2) is 8.78 Å². The minimum Gasteiger partial charge on any atom is -0.496 e. The third kappa shape index (κ3) is 3.71. The molecule has 0 aromatic heterocycles. The minimum atomic E-state index is -4.55. The summed E-state index contributed by atoms with van der Waals surface area (Å²) in [6.45, 7) is 0. The summed E-state index contributed by atoms with van der Waals surface area (Å²) >= 11 is 0. The predicted octanol–water partition coefficient (Wildman–Crippen LogP) is 3.40. The van der Waals surface area contributed by atoms with Crippen molar-refractivity contribution in [3.8, 4) is 5.75 Å². The van der Waals surface area contributed by atoms with Crippen molar-refractivity contribution in [2.24, 2.45) is 5.73 Å². The highest BCUT2D eigenvalue weighted by Gasteiger charge is 2.32. The second-order valence-electron chi connectivity index (χ2n) is 3.31. The number of ether oxygens (including phenoxy) is 1. The van der Waals surface area contributed by atoms with Crippen LogP contribution in [0.15, 0.2) is 18.2 Å². The number of hydrogen-bond donors (Lipinski definition) is 1. The Morgan fingerprint density at radius 3 is 2.17 bits per heavy atom. The standard InChI is InChI=1S/C10H10F5NO.ClH/c1-17-7-4-5(10(13,14)15)2-3-6(7)8(16)9(11)12;/h2-4,8-9H,16H2,1H3;1H/t8-;/m1./s1. The maximum absolute atomic E-state index is 12.4. The van der Waals surface area contributed by atoms with Crippen LogP contribution in [-0.2, 0) is 6.18 Å². The van der Waals surface area contributed by atoms with E-state index in [1.54, 1.807) is 0 Å². The zero-order valence-corrected chi connectivity index (χ0v) is 9.99. The molecule has 2 nitrogen and oxygen atoms in total. The molecule has 0 bridgehead atoms. The third-order valence-corrected chi connectivity index (χ3v) is 2.19. The minimum absolute atomic E-state index is 0. The van der Waals surface area contributed by atoms with Crippen LogP contribution in [0.5, 0.6) is 5.75 Å². The van der Waals surface area contributed by atoms with Crippen LogP contribution in [0, 0.1) is 0 Å². The zero-order valence-electron chi connectivity index (χ0n) is 9.17. The van der Waals surface area contributed by atoms with Crippen LogP contribution in [-0.4, -0.2) is 13.5 Å². The van der Waals surface area contributed by atoms with Crippen molar-refractivity contribution >= 4 is 12.4 Å². The molecule has 2 N–H and O–H groups in total. The van der Waals surface area contributed by atoms with E-state index < -0.39 is 24.2 Å². The van der Waals surface area contributed by atoms with Crippen LogP contribution in [0.2, 0.25) is 0 Å². The molecule has 1 aromatic carbocycles. The monoisotopic (exact) mass is 291 g/mol. The zero-order chi connectivity index (χ0) is 13.2. The van der Waals surface area contributed by atoms with Crippen molar-refractivity contribution < 1.29 is 26.7 Å². The first-order valence-electron chi connectivity index (χ1n) is 4.56. The Kier molecular flexibility index (Phi) is 5.82. The van der Waals surface area contributed by atoms with Crippen LogP contribution < -0.4 is 10.5 Å². The van der Waals surface area contributed by atoms with Gasteiger partial charge < -0.3 is 10.5 Å². The molecular formula is C10H11ClF5NO. The first-order valence-corrected chi connectivity index (χ1v) is 4.56. The van der Waals surface area contributed by atoms with E-state index in [0.717, 1.165) is 13.2 Å². The van der Waals surface area contributed by atoms with E-state index in [9.17, 15) is 22.0 Å². The van der Waals surface area contributed by atoms with Gasteiger partial charge in [-0.3, -0.25) is 0 Å². The Hall–Kier alpha value is -1.08. The Morgan fingerprint density at radius 2 is 1.78 bits per heavy atom. The summed E-state index contributed by atoms with van der Waals surface area (Å²) < 4.78 is 66.4. The van der Waals surface area contributed by atoms with Gasteiger partial charge in [0.1, 0.15) is 5.75 Å². The smallest absolute Gasteiger partial charge is 0.416 e. The summed E-state index contributed by atoms with van der Waals surface area (Å²) in [5.74, 6) is -0.298. The molecule has 104 valence electrons. The Labute approximate surface area is 106 Å². The average Bonchev–Trinajstić information content (AvgIpc) is 2.25. The third-order valence-electron chi connectivity index (χ3n) is 2.19. The van der Waals surface area contributed by atoms with E-state index in [2.05, 4.69) is 4.74 Å². The summed E-state index contributed by atoms with van der Waals surface area (Å²) in [6.07, 6.45) is -7.43. The van der Waals surface area contributed by atoms with Gasteiger partial charge in [0.2, 0.25) is 0 Å². The van der Waals surface area contributed by atoms with Crippen LogP contribution in [0.3, 0.4) is 0 Å². The van der Waals surface area contributed by atoms with Crippen molar-refractivity contribution in [2.75, 3.05) is 7.11 Å². The van der Waals surface area contributed by atoms with Crippen molar-refractivity contribution in [3.63, 3.8) is 0 Å². The number of hydrogen-bond acceptors (Lipinski definition) is 2. The Balaban J connectivity index is 0.00000289. The Bertz CT molecular complexity index is 396. The Morgan fingerprint density at radius 1 is 1.22 bits per heavy atom. The molecule has 0 heterocycles. The van der Waals surface area contributed by atoms with E-state index in [1.165, 1.54) is 0 Å². The molecule has 0 aliphatic rings. The number of methoxy groups -OCH3 is 1. The number of benzene rings is 1. The van der Waals surface area contributed by atoms with Crippen LogP contribution in [0.25, 0.3) is 0 Å². The summed E-state index contributed by atoms with van der Waals surface area (Å²) in [4.78, 5) is 0. The van der Waals surface area contributed by atoms with Crippen molar-refractivity contribution in [2.45, 2.75) is 18.6 Å². The molecule has 8 heteroatoms. The fourth-order valence-corrected chi connectivity index (χ4v) is 1.30. The van der Waals surface area contributed by atoms with Gasteiger partial charge in [-0.1, -0.05) is 6.07 Å². The molecule has 0 amide bonds. The van der Waals surface area contributed by atoms with Crippen LogP contribution >= 0.6 is 12.4 Å². The second-order valence-corrected chi connectivity index (χ2v) is 3.31. The van der Waals surface area contributed by atoms with E-state index in [4.69, 9.17) is 5.73 Å². The number of halogens is 6. The molecule has 0 fully saturated rings. The molecule has 18 heavy (non-hydrogen) atoms. The molecule has 0 saturated carbocycles. The van der Waals surface area contributed by atoms with Gasteiger partial charge in [-0.2, -0.15) is 13.2 Å². The van der Waals surface area contributed by atoms with Gasteiger partial charge in [-0.05, 0) is 12.1 Å². The molecule has 0 aliphatic carbocycles. The highest BCUT2D eigenvalue weighted by molar-refractivity contribution is 5.85. The van der Waals surface area contributed by atoms with E-state index >= 15 is 0 Å². The van der Waals surface area contributed by atoms with Crippen LogP contribution in [0.1, 0.15) is 17.2 Å². The van der Waals surface area contributed by atoms with E-state index in [0.29, 0.717) is 12.1 Å². The lowest BCUT2D eigenvalue weighted by molar-refractivity contribution is -0.137. The lowest BCUT2D eigenvalue weighted by atomic mass is 10.0. The van der Waals surface area contributed by atoms with E-state index in [-0.39, 0.29) is 23.7 Å². The number of rotatable bonds is 3. The lowest BCUT2D eigenvalue weighted by Crippen LogP contribution is -2.20. The molecule has 0 radical (unpaired) electrons.